The van der Waals surface area contributed by atoms with Crippen LogP contribution in [0.15, 0.2) is 467 Å². The zero-order valence-electron chi connectivity index (χ0n) is 72.5. The molecule has 0 aliphatic rings. The van der Waals surface area contributed by atoms with Crippen LogP contribution in [-0.4, -0.2) is 44.9 Å². The van der Waals surface area contributed by atoms with E-state index in [-0.39, 0.29) is 0 Å². The molecule has 27 rings (SSSR count). The fourth-order valence-corrected chi connectivity index (χ4v) is 19.7. The summed E-state index contributed by atoms with van der Waals surface area (Å²) in [6, 6.07) is 164. The first kappa shape index (κ1) is 78.2. The third kappa shape index (κ3) is 14.3. The topological polar surface area (TPSA) is 116 Å². The summed E-state index contributed by atoms with van der Waals surface area (Å²) in [4.78, 5) is 45.2. The van der Waals surface area contributed by atoms with Crippen molar-refractivity contribution in [3.63, 3.8) is 0 Å². The Morgan fingerprint density at radius 1 is 0.0896 bits per heavy atom. The molecule has 9 nitrogen and oxygen atoms in total. The molecule has 27 aromatic rings. The normalized spacial score (nSPS) is 11.6. The van der Waals surface area contributed by atoms with Gasteiger partial charge in [-0.1, -0.05) is 437 Å². The predicted molar refractivity (Wildman–Crippen MR) is 559 cm³/mol. The zero-order valence-corrected chi connectivity index (χ0v) is 72.5. The van der Waals surface area contributed by atoms with E-state index >= 15 is 0 Å². The maximum absolute atomic E-state index is 5.14. The third-order valence-electron chi connectivity index (χ3n) is 26.3. The SMILES string of the molecule is c1ccc(-c2nc(-c3ccc4c(ccc5c6ccccc6ccc45)c3)nc(-c3cc4ccccc4c4ccccc34)n2)cc1.c1ccc(-c2nc(-c3ccc4c(ccc5c6ccccc6ccc45)c3)nc(-c3ccc4c(ccc5c6ccccc6ccc45)c3)n2)cc1.c1ccc(-c2nc(-c3ccccc3)nc(-c3ccccc3-c3ccc4c(ccc5c6ccccc6ccc45)c3)n2)cc1. The second-order valence-electron chi connectivity index (χ2n) is 34.2. The summed E-state index contributed by atoms with van der Waals surface area (Å²) in [5.41, 5.74) is 10.9. The van der Waals surface area contributed by atoms with Gasteiger partial charge in [0, 0.05) is 50.1 Å². The van der Waals surface area contributed by atoms with Crippen LogP contribution >= 0.6 is 0 Å². The number of rotatable bonds is 10. The molecule has 3 heterocycles. The summed E-state index contributed by atoms with van der Waals surface area (Å²) in [6.45, 7) is 0. The first-order chi connectivity index (χ1) is 66.4. The minimum absolute atomic E-state index is 0.656. The molecule has 134 heavy (non-hydrogen) atoms. The zero-order chi connectivity index (χ0) is 88.5. The van der Waals surface area contributed by atoms with Crippen LogP contribution in [0, 0.1) is 0 Å². The van der Waals surface area contributed by atoms with Gasteiger partial charge in [0.05, 0.1) is 0 Å². The van der Waals surface area contributed by atoms with Crippen LogP contribution in [0.2, 0.25) is 0 Å². The molecule has 24 aromatic carbocycles. The van der Waals surface area contributed by atoms with Gasteiger partial charge in [0.25, 0.3) is 0 Å². The Kier molecular flexibility index (Phi) is 19.4. The molecule has 0 aliphatic heterocycles. The lowest BCUT2D eigenvalue weighted by Gasteiger charge is -2.13. The fraction of sp³-hybridized carbons (Fsp3) is 0. The quantitative estimate of drug-likeness (QED) is 0.123. The monoisotopic (exact) mass is 1700 g/mol. The smallest absolute Gasteiger partial charge is 0.164 e. The van der Waals surface area contributed by atoms with Gasteiger partial charge in [-0.15, -0.1) is 0 Å². The van der Waals surface area contributed by atoms with Gasteiger partial charge >= 0.3 is 0 Å². The number of hydrogen-bond acceptors (Lipinski definition) is 9. The highest BCUT2D eigenvalue weighted by molar-refractivity contribution is 6.22. The van der Waals surface area contributed by atoms with Crippen molar-refractivity contribution < 1.29 is 0 Å². The van der Waals surface area contributed by atoms with Crippen molar-refractivity contribution in [3.8, 4) is 114 Å². The van der Waals surface area contributed by atoms with Crippen LogP contribution < -0.4 is 0 Å². The molecule has 0 aliphatic carbocycles. The van der Waals surface area contributed by atoms with E-state index in [1.807, 2.05) is 103 Å². The summed E-state index contributed by atoms with van der Waals surface area (Å²) < 4.78 is 0. The highest BCUT2D eigenvalue weighted by atomic mass is 15.1. The van der Waals surface area contributed by atoms with Crippen LogP contribution in [0.25, 0.3) is 264 Å². The van der Waals surface area contributed by atoms with Crippen molar-refractivity contribution in [2.24, 2.45) is 0 Å². The molecule has 0 spiro atoms. The van der Waals surface area contributed by atoms with E-state index in [0.717, 1.165) is 88.1 Å². The lowest BCUT2D eigenvalue weighted by molar-refractivity contribution is 1.07. The average Bonchev–Trinajstić information content (AvgIpc) is 0.763. The molecule has 0 atom stereocenters. The Morgan fingerprint density at radius 3 is 0.597 bits per heavy atom. The largest absolute Gasteiger partial charge is 0.208 e. The van der Waals surface area contributed by atoms with Gasteiger partial charge in [-0.25, -0.2) is 44.9 Å². The molecule has 0 bridgehead atoms. The van der Waals surface area contributed by atoms with E-state index in [0.29, 0.717) is 52.4 Å². The Morgan fingerprint density at radius 2 is 0.276 bits per heavy atom. The molecule has 0 saturated carbocycles. The van der Waals surface area contributed by atoms with Crippen LogP contribution in [0.4, 0.5) is 0 Å². The number of fused-ring (bicyclic) bond motifs is 23. The Hall–Kier alpha value is -18.1. The standard InChI is InChI=1S/C45H27N3.C41H25N3.C39H25N3/c1-2-10-30(11-3-1)43-46-44(33-18-20-37-31(26-33)16-24-39-35-12-6-4-8-28(35)14-22-41(37)39)48-45(47-43)34-19-21-38-32(27-34)17-25-40-36-13-7-5-9-29(36)15-23-42(38)40;1-2-11-27(12-3-1)39-42-40(44-41(43-39)38-25-28-13-5-7-15-32(28)34-16-8-9-17-35(34)38)30-20-21-33-29(24-30)19-23-36-31-14-6-4-10-26(31)18-22-37(33)36;1-3-12-27(13-4-1)37-40-38(28-14-5-2-6-15-28)42-39(41-37)36-18-10-9-17-32(36)29-20-22-33-30(25-29)21-24-34-31-16-8-7-11-26(31)19-23-35(33)34/h1-27H;1-25H;1-25H. The number of aromatic nitrogens is 9. The van der Waals surface area contributed by atoms with E-state index < -0.39 is 0 Å². The minimum Gasteiger partial charge on any atom is -0.208 e. The molecule has 0 N–H and O–H groups in total. The summed E-state index contributed by atoms with van der Waals surface area (Å²) in [5, 5.41) is 34.5. The van der Waals surface area contributed by atoms with Crippen molar-refractivity contribution >= 4 is 151 Å². The van der Waals surface area contributed by atoms with Crippen molar-refractivity contribution in [1.82, 2.24) is 44.9 Å². The second kappa shape index (κ2) is 33.2. The minimum atomic E-state index is 0.656. The van der Waals surface area contributed by atoms with Crippen molar-refractivity contribution in [1.29, 1.82) is 0 Å². The molecule has 0 saturated heterocycles. The first-order valence-electron chi connectivity index (χ1n) is 45.3. The highest BCUT2D eigenvalue weighted by Gasteiger charge is 2.22. The molecular weight excluding hydrogens is 1630 g/mol. The van der Waals surface area contributed by atoms with E-state index in [1.165, 1.54) is 124 Å². The van der Waals surface area contributed by atoms with E-state index in [1.54, 1.807) is 0 Å². The molecule has 0 amide bonds. The van der Waals surface area contributed by atoms with Gasteiger partial charge < -0.3 is 0 Å². The maximum Gasteiger partial charge on any atom is 0.164 e. The molecule has 622 valence electrons. The molecule has 3 aromatic heterocycles. The van der Waals surface area contributed by atoms with E-state index in [9.17, 15) is 0 Å². The molecule has 0 radical (unpaired) electrons. The van der Waals surface area contributed by atoms with E-state index in [4.69, 9.17) is 44.9 Å². The van der Waals surface area contributed by atoms with Crippen molar-refractivity contribution in [2.75, 3.05) is 0 Å². The summed E-state index contributed by atoms with van der Waals surface area (Å²) >= 11 is 0. The average molecular weight is 1710 g/mol. The molecule has 0 unspecified atom stereocenters. The molecular formula is C125H77N9. The predicted octanol–water partition coefficient (Wildman–Crippen LogP) is 32.4. The Bertz CT molecular complexity index is 9170. The van der Waals surface area contributed by atoms with Gasteiger partial charge in [-0.05, 0) is 192 Å². The van der Waals surface area contributed by atoms with Gasteiger partial charge in [0.1, 0.15) is 0 Å². The van der Waals surface area contributed by atoms with Crippen molar-refractivity contribution in [3.05, 3.63) is 467 Å². The van der Waals surface area contributed by atoms with Crippen LogP contribution in [0.3, 0.4) is 0 Å². The van der Waals surface area contributed by atoms with E-state index in [2.05, 4.69) is 364 Å². The van der Waals surface area contributed by atoms with Crippen molar-refractivity contribution in [2.45, 2.75) is 0 Å². The lowest BCUT2D eigenvalue weighted by atomic mass is 9.93. The summed E-state index contributed by atoms with van der Waals surface area (Å²) in [6.07, 6.45) is 0. The molecule has 0 fully saturated rings. The maximum atomic E-state index is 5.14. The fourth-order valence-electron chi connectivity index (χ4n) is 19.7. The third-order valence-corrected chi connectivity index (χ3v) is 26.3. The Labute approximate surface area is 771 Å². The van der Waals surface area contributed by atoms with Crippen LogP contribution in [0.1, 0.15) is 0 Å². The number of benzene rings is 24. The van der Waals surface area contributed by atoms with Gasteiger partial charge in [0.15, 0.2) is 52.4 Å². The molecule has 9 heteroatoms. The van der Waals surface area contributed by atoms with Gasteiger partial charge in [-0.2, -0.15) is 0 Å². The first-order valence-corrected chi connectivity index (χ1v) is 45.3. The second-order valence-corrected chi connectivity index (χ2v) is 34.2. The highest BCUT2D eigenvalue weighted by Crippen LogP contribution is 2.43. The summed E-state index contributed by atoms with van der Waals surface area (Å²) in [5.74, 6) is 5.93. The van der Waals surface area contributed by atoms with Gasteiger partial charge in [0.2, 0.25) is 0 Å². The number of nitrogens with zero attached hydrogens (tertiary/aromatic N) is 9. The lowest BCUT2D eigenvalue weighted by Crippen LogP contribution is -2.01. The van der Waals surface area contributed by atoms with Crippen LogP contribution in [-0.2, 0) is 0 Å². The Balaban J connectivity index is 0.000000108. The van der Waals surface area contributed by atoms with Crippen LogP contribution in [0.5, 0.6) is 0 Å². The number of hydrogen-bond donors (Lipinski definition) is 0. The summed E-state index contributed by atoms with van der Waals surface area (Å²) in [7, 11) is 0. The van der Waals surface area contributed by atoms with Gasteiger partial charge in [-0.3, -0.25) is 0 Å².